The highest BCUT2D eigenvalue weighted by molar-refractivity contribution is 6.35. The number of nitrogens with zero attached hydrogens (tertiary/aromatic N) is 2. The molecular formula is C17H17Cl2FN2. The van der Waals surface area contributed by atoms with Crippen molar-refractivity contribution in [2.75, 3.05) is 13.6 Å². The van der Waals surface area contributed by atoms with Crippen LogP contribution in [0, 0.1) is 5.82 Å². The van der Waals surface area contributed by atoms with Crippen molar-refractivity contribution in [2.24, 2.45) is 4.99 Å². The van der Waals surface area contributed by atoms with Crippen molar-refractivity contribution in [1.29, 1.82) is 0 Å². The molecule has 0 radical (unpaired) electrons. The van der Waals surface area contributed by atoms with Crippen LogP contribution in [0.5, 0.6) is 0 Å². The van der Waals surface area contributed by atoms with Crippen LogP contribution >= 0.6 is 23.2 Å². The Hall–Kier alpha value is -1.58. The Morgan fingerprint density at radius 1 is 1.14 bits per heavy atom. The number of hydrogen-bond donors (Lipinski definition) is 0. The molecule has 2 aromatic carbocycles. The van der Waals surface area contributed by atoms with Gasteiger partial charge in [0.1, 0.15) is 5.82 Å². The Kier molecular flexibility index (Phi) is 5.81. The standard InChI is InChI=1S/C17H17Cl2FN2/c1-3-22(2)11-21-17-10-15(18)13(9-16(17)19)8-12-4-6-14(20)7-5-12/h4-7,9-11H,3,8H2,1-2H3. The Morgan fingerprint density at radius 3 is 2.45 bits per heavy atom. The third-order valence-corrected chi connectivity index (χ3v) is 3.97. The van der Waals surface area contributed by atoms with Gasteiger partial charge in [-0.2, -0.15) is 0 Å². The van der Waals surface area contributed by atoms with Crippen LogP contribution in [0.4, 0.5) is 10.1 Å². The average Bonchev–Trinajstić information content (AvgIpc) is 2.51. The topological polar surface area (TPSA) is 15.6 Å². The van der Waals surface area contributed by atoms with Gasteiger partial charge >= 0.3 is 0 Å². The molecule has 0 N–H and O–H groups in total. The molecular weight excluding hydrogens is 322 g/mol. The van der Waals surface area contributed by atoms with Crippen molar-refractivity contribution in [3.8, 4) is 0 Å². The molecule has 0 aliphatic carbocycles. The molecule has 0 aliphatic heterocycles. The fourth-order valence-electron chi connectivity index (χ4n) is 1.88. The third-order valence-electron chi connectivity index (χ3n) is 3.32. The zero-order chi connectivity index (χ0) is 16.1. The van der Waals surface area contributed by atoms with E-state index in [1.165, 1.54) is 12.1 Å². The summed E-state index contributed by atoms with van der Waals surface area (Å²) in [6.07, 6.45) is 2.31. The number of hydrogen-bond acceptors (Lipinski definition) is 1. The van der Waals surface area contributed by atoms with E-state index in [4.69, 9.17) is 23.2 Å². The fourth-order valence-corrected chi connectivity index (χ4v) is 2.34. The highest BCUT2D eigenvalue weighted by Gasteiger charge is 2.08. The Balaban J connectivity index is 2.22. The molecule has 0 saturated heterocycles. The van der Waals surface area contributed by atoms with E-state index in [0.717, 1.165) is 17.7 Å². The van der Waals surface area contributed by atoms with Crippen molar-refractivity contribution >= 4 is 35.2 Å². The number of rotatable bonds is 5. The Labute approximate surface area is 140 Å². The van der Waals surface area contributed by atoms with Crippen LogP contribution < -0.4 is 0 Å². The van der Waals surface area contributed by atoms with E-state index in [2.05, 4.69) is 4.99 Å². The zero-order valence-corrected chi connectivity index (χ0v) is 14.0. The van der Waals surface area contributed by atoms with Crippen LogP contribution in [0.25, 0.3) is 0 Å². The highest BCUT2D eigenvalue weighted by atomic mass is 35.5. The monoisotopic (exact) mass is 338 g/mol. The zero-order valence-electron chi connectivity index (χ0n) is 12.5. The second kappa shape index (κ2) is 7.61. The summed E-state index contributed by atoms with van der Waals surface area (Å²) in [6, 6.07) is 9.91. The maximum atomic E-state index is 12.9. The van der Waals surface area contributed by atoms with E-state index < -0.39 is 0 Å². The molecule has 0 aliphatic rings. The van der Waals surface area contributed by atoms with Gasteiger partial charge in [0.2, 0.25) is 0 Å². The van der Waals surface area contributed by atoms with Crippen molar-refractivity contribution < 1.29 is 4.39 Å². The molecule has 0 bridgehead atoms. The summed E-state index contributed by atoms with van der Waals surface area (Å²) in [5.74, 6) is -0.252. The van der Waals surface area contributed by atoms with Crippen molar-refractivity contribution in [1.82, 2.24) is 4.90 Å². The SMILES string of the molecule is CCN(C)C=Nc1cc(Cl)c(Cc2ccc(F)cc2)cc1Cl. The van der Waals surface area contributed by atoms with Crippen molar-refractivity contribution in [3.05, 3.63) is 63.4 Å². The van der Waals surface area contributed by atoms with Crippen LogP contribution in [0.3, 0.4) is 0 Å². The molecule has 0 spiro atoms. The van der Waals surface area contributed by atoms with E-state index in [1.54, 1.807) is 24.5 Å². The Bertz CT molecular complexity index is 669. The minimum Gasteiger partial charge on any atom is -0.366 e. The number of aliphatic imine (C=N–C) groups is 1. The quantitative estimate of drug-likeness (QED) is 0.531. The normalized spacial score (nSPS) is 11.1. The fraction of sp³-hybridized carbons (Fsp3) is 0.235. The van der Waals surface area contributed by atoms with Crippen LogP contribution in [-0.4, -0.2) is 24.8 Å². The first-order valence-corrected chi connectivity index (χ1v) is 7.72. The largest absolute Gasteiger partial charge is 0.366 e. The predicted octanol–water partition coefficient (Wildman–Crippen LogP) is 5.33. The lowest BCUT2D eigenvalue weighted by molar-refractivity contribution is 0.552. The molecule has 2 nitrogen and oxygen atoms in total. The molecule has 0 amide bonds. The molecule has 0 aromatic heterocycles. The Morgan fingerprint density at radius 2 is 1.82 bits per heavy atom. The van der Waals surface area contributed by atoms with Gasteiger partial charge in [0.15, 0.2) is 0 Å². The minimum atomic E-state index is -0.252. The molecule has 0 atom stereocenters. The van der Waals surface area contributed by atoms with E-state index >= 15 is 0 Å². The minimum absolute atomic E-state index is 0.252. The number of benzene rings is 2. The van der Waals surface area contributed by atoms with E-state index in [-0.39, 0.29) is 5.82 Å². The van der Waals surface area contributed by atoms with Gasteiger partial charge in [-0.25, -0.2) is 9.38 Å². The van der Waals surface area contributed by atoms with Gasteiger partial charge in [-0.3, -0.25) is 0 Å². The lowest BCUT2D eigenvalue weighted by atomic mass is 10.0. The van der Waals surface area contributed by atoms with Crippen LogP contribution in [-0.2, 0) is 6.42 Å². The summed E-state index contributed by atoms with van der Waals surface area (Å²) >= 11 is 12.6. The van der Waals surface area contributed by atoms with Crippen LogP contribution in [0.1, 0.15) is 18.1 Å². The third kappa shape index (κ3) is 4.46. The van der Waals surface area contributed by atoms with Gasteiger partial charge in [0.25, 0.3) is 0 Å². The maximum Gasteiger partial charge on any atom is 0.123 e. The summed E-state index contributed by atoms with van der Waals surface area (Å²) in [7, 11) is 1.93. The second-order valence-electron chi connectivity index (χ2n) is 5.02. The van der Waals surface area contributed by atoms with Gasteiger partial charge in [0, 0.05) is 18.6 Å². The van der Waals surface area contributed by atoms with E-state index in [9.17, 15) is 4.39 Å². The summed E-state index contributed by atoms with van der Waals surface area (Å²) in [5, 5.41) is 1.14. The molecule has 0 unspecified atom stereocenters. The molecule has 2 rings (SSSR count). The summed E-state index contributed by atoms with van der Waals surface area (Å²) in [5.41, 5.74) is 2.50. The lowest BCUT2D eigenvalue weighted by Gasteiger charge is -2.10. The predicted molar refractivity (Wildman–Crippen MR) is 92.1 cm³/mol. The van der Waals surface area contributed by atoms with Crippen molar-refractivity contribution in [2.45, 2.75) is 13.3 Å². The second-order valence-corrected chi connectivity index (χ2v) is 5.83. The summed E-state index contributed by atoms with van der Waals surface area (Å²) < 4.78 is 12.9. The molecule has 5 heteroatoms. The van der Waals surface area contributed by atoms with E-state index in [1.807, 2.05) is 24.9 Å². The summed E-state index contributed by atoms with van der Waals surface area (Å²) in [4.78, 5) is 6.27. The average molecular weight is 339 g/mol. The maximum absolute atomic E-state index is 12.9. The van der Waals surface area contributed by atoms with Gasteiger partial charge in [-0.1, -0.05) is 35.3 Å². The van der Waals surface area contributed by atoms with Crippen LogP contribution in [0.15, 0.2) is 41.4 Å². The first-order valence-electron chi connectivity index (χ1n) is 6.96. The van der Waals surface area contributed by atoms with Crippen molar-refractivity contribution in [3.63, 3.8) is 0 Å². The highest BCUT2D eigenvalue weighted by Crippen LogP contribution is 2.32. The van der Waals surface area contributed by atoms with Crippen LogP contribution in [0.2, 0.25) is 10.0 Å². The van der Waals surface area contributed by atoms with Gasteiger partial charge in [-0.05, 0) is 48.7 Å². The molecule has 0 fully saturated rings. The molecule has 2 aromatic rings. The first-order chi connectivity index (χ1) is 10.5. The van der Waals surface area contributed by atoms with Gasteiger partial charge < -0.3 is 4.90 Å². The lowest BCUT2D eigenvalue weighted by Crippen LogP contribution is -2.14. The first kappa shape index (κ1) is 16.8. The number of halogens is 3. The molecule has 116 valence electrons. The van der Waals surface area contributed by atoms with Gasteiger partial charge in [0.05, 0.1) is 17.0 Å². The molecule has 0 saturated carbocycles. The molecule has 22 heavy (non-hydrogen) atoms. The smallest absolute Gasteiger partial charge is 0.123 e. The van der Waals surface area contributed by atoms with Gasteiger partial charge in [-0.15, -0.1) is 0 Å². The van der Waals surface area contributed by atoms with E-state index in [0.29, 0.717) is 22.2 Å². The molecule has 0 heterocycles. The summed E-state index contributed by atoms with van der Waals surface area (Å²) in [6.45, 7) is 2.89.